The van der Waals surface area contributed by atoms with Crippen LogP contribution in [0.3, 0.4) is 0 Å². The molecule has 0 spiro atoms. The van der Waals surface area contributed by atoms with Crippen LogP contribution in [0.5, 0.6) is 0 Å². The third-order valence-corrected chi connectivity index (χ3v) is 3.72. The highest BCUT2D eigenvalue weighted by Crippen LogP contribution is 2.07. The van der Waals surface area contributed by atoms with Crippen molar-refractivity contribution in [2.24, 2.45) is 0 Å². The van der Waals surface area contributed by atoms with Gasteiger partial charge in [-0.15, -0.1) is 0 Å². The summed E-state index contributed by atoms with van der Waals surface area (Å²) >= 11 is 0. The molecule has 90 valence electrons. The summed E-state index contributed by atoms with van der Waals surface area (Å²) in [5.74, 6) is 0.887. The van der Waals surface area contributed by atoms with Crippen molar-refractivity contribution in [3.05, 3.63) is 0 Å². The van der Waals surface area contributed by atoms with E-state index in [1.165, 1.54) is 0 Å². The lowest BCUT2D eigenvalue weighted by Crippen LogP contribution is -1.99. The topological polar surface area (TPSA) is 54.4 Å². The van der Waals surface area contributed by atoms with Crippen LogP contribution in [0.1, 0.15) is 51.9 Å². The van der Waals surface area contributed by atoms with E-state index in [9.17, 15) is 9.00 Å². The number of rotatable bonds is 10. The number of carboxylic acid groups (broad SMARTS) is 1. The molecule has 0 aliphatic rings. The molecule has 0 aliphatic heterocycles. The average Bonchev–Trinajstić information content (AvgIpc) is 2.21. The Kier molecular flexibility index (Phi) is 9.89. The van der Waals surface area contributed by atoms with Gasteiger partial charge in [-0.1, -0.05) is 32.6 Å². The van der Waals surface area contributed by atoms with Gasteiger partial charge in [0.05, 0.1) is 0 Å². The van der Waals surface area contributed by atoms with Crippen LogP contribution in [-0.2, 0) is 15.6 Å². The van der Waals surface area contributed by atoms with E-state index in [0.29, 0.717) is 6.42 Å². The Morgan fingerprint density at radius 2 is 1.60 bits per heavy atom. The zero-order chi connectivity index (χ0) is 11.5. The van der Waals surface area contributed by atoms with E-state index in [2.05, 4.69) is 0 Å². The second-order valence-corrected chi connectivity index (χ2v) is 5.56. The molecule has 0 aliphatic carbocycles. The van der Waals surface area contributed by atoms with Crippen molar-refractivity contribution in [1.82, 2.24) is 0 Å². The van der Waals surface area contributed by atoms with Crippen molar-refractivity contribution in [1.29, 1.82) is 0 Å². The predicted molar refractivity (Wildman–Crippen MR) is 63.5 cm³/mol. The minimum atomic E-state index is -0.701. The maximum atomic E-state index is 11.1. The molecule has 1 atom stereocenters. The molecule has 0 aromatic rings. The van der Waals surface area contributed by atoms with Gasteiger partial charge in [-0.3, -0.25) is 9.00 Å². The summed E-state index contributed by atoms with van der Waals surface area (Å²) in [5.41, 5.74) is 0. The standard InChI is InChI=1S/C11H22O3S/c1-2-15(14)10-8-6-4-3-5-7-9-11(12)13/h2-10H2,1H3,(H,12,13). The Morgan fingerprint density at radius 3 is 2.13 bits per heavy atom. The summed E-state index contributed by atoms with van der Waals surface area (Å²) in [6.45, 7) is 1.95. The number of hydrogen-bond acceptors (Lipinski definition) is 2. The molecular formula is C11H22O3S. The van der Waals surface area contributed by atoms with E-state index in [4.69, 9.17) is 5.11 Å². The first kappa shape index (κ1) is 14.6. The van der Waals surface area contributed by atoms with Crippen molar-refractivity contribution in [2.45, 2.75) is 51.9 Å². The Morgan fingerprint density at radius 1 is 1.07 bits per heavy atom. The summed E-state index contributed by atoms with van der Waals surface area (Å²) in [4.78, 5) is 10.2. The molecule has 0 aromatic heterocycles. The largest absolute Gasteiger partial charge is 0.481 e. The molecule has 0 radical (unpaired) electrons. The number of carboxylic acids is 1. The van der Waals surface area contributed by atoms with Crippen molar-refractivity contribution < 1.29 is 14.1 Å². The van der Waals surface area contributed by atoms with Gasteiger partial charge in [-0.2, -0.15) is 0 Å². The molecule has 0 fully saturated rings. The fraction of sp³-hybridized carbons (Fsp3) is 0.909. The van der Waals surface area contributed by atoms with Crippen molar-refractivity contribution in [3.63, 3.8) is 0 Å². The summed E-state index contributed by atoms with van der Waals surface area (Å²) in [6, 6.07) is 0. The van der Waals surface area contributed by atoms with Gasteiger partial charge in [0.1, 0.15) is 0 Å². The molecule has 0 bridgehead atoms. The molecular weight excluding hydrogens is 212 g/mol. The van der Waals surface area contributed by atoms with Gasteiger partial charge in [0.25, 0.3) is 0 Å². The zero-order valence-electron chi connectivity index (χ0n) is 9.54. The molecule has 3 nitrogen and oxygen atoms in total. The van der Waals surface area contributed by atoms with Crippen LogP contribution in [0.15, 0.2) is 0 Å². The lowest BCUT2D eigenvalue weighted by Gasteiger charge is -2.00. The van der Waals surface area contributed by atoms with Crippen LogP contribution in [0.4, 0.5) is 0 Å². The fourth-order valence-electron chi connectivity index (χ4n) is 1.39. The summed E-state index contributed by atoms with van der Waals surface area (Å²) in [6.07, 6.45) is 6.49. The van der Waals surface area contributed by atoms with Gasteiger partial charge < -0.3 is 5.11 Å². The molecule has 4 heteroatoms. The first-order chi connectivity index (χ1) is 7.16. The molecule has 15 heavy (non-hydrogen) atoms. The molecule has 0 amide bonds. The van der Waals surface area contributed by atoms with E-state index in [1.54, 1.807) is 0 Å². The van der Waals surface area contributed by atoms with Crippen LogP contribution in [0, 0.1) is 0 Å². The average molecular weight is 234 g/mol. The predicted octanol–water partition coefficient (Wildman–Crippen LogP) is 2.57. The smallest absolute Gasteiger partial charge is 0.303 e. The first-order valence-corrected chi connectivity index (χ1v) is 7.22. The molecule has 1 N–H and O–H groups in total. The van der Waals surface area contributed by atoms with Gasteiger partial charge in [0, 0.05) is 28.7 Å². The van der Waals surface area contributed by atoms with Crippen molar-refractivity contribution in [3.8, 4) is 0 Å². The maximum Gasteiger partial charge on any atom is 0.303 e. The number of unbranched alkanes of at least 4 members (excludes halogenated alkanes) is 5. The van der Waals surface area contributed by atoms with Gasteiger partial charge in [-0.25, -0.2) is 0 Å². The molecule has 0 saturated heterocycles. The second-order valence-electron chi connectivity index (χ2n) is 3.70. The van der Waals surface area contributed by atoms with Gasteiger partial charge in [0.15, 0.2) is 0 Å². The minimum Gasteiger partial charge on any atom is -0.481 e. The zero-order valence-corrected chi connectivity index (χ0v) is 10.4. The van der Waals surface area contributed by atoms with Crippen LogP contribution in [0.2, 0.25) is 0 Å². The first-order valence-electron chi connectivity index (χ1n) is 5.73. The molecule has 0 rings (SSSR count). The van der Waals surface area contributed by atoms with E-state index in [1.807, 2.05) is 6.92 Å². The fourth-order valence-corrected chi connectivity index (χ4v) is 2.21. The summed E-state index contributed by atoms with van der Waals surface area (Å²) in [5, 5.41) is 8.41. The van der Waals surface area contributed by atoms with E-state index in [0.717, 1.165) is 50.0 Å². The molecule has 1 unspecified atom stereocenters. The summed E-state index contributed by atoms with van der Waals surface area (Å²) in [7, 11) is -0.620. The van der Waals surface area contributed by atoms with Crippen LogP contribution in [-0.4, -0.2) is 26.8 Å². The van der Waals surface area contributed by atoms with Crippen LogP contribution in [0.25, 0.3) is 0 Å². The maximum absolute atomic E-state index is 11.1. The highest BCUT2D eigenvalue weighted by molar-refractivity contribution is 7.84. The third kappa shape index (κ3) is 11.5. The number of carbonyl (C=O) groups is 1. The Hall–Kier alpha value is -0.380. The van der Waals surface area contributed by atoms with Crippen LogP contribution >= 0.6 is 0 Å². The lowest BCUT2D eigenvalue weighted by atomic mass is 10.1. The monoisotopic (exact) mass is 234 g/mol. The lowest BCUT2D eigenvalue weighted by molar-refractivity contribution is -0.137. The summed E-state index contributed by atoms with van der Waals surface area (Å²) < 4.78 is 11.1. The van der Waals surface area contributed by atoms with Gasteiger partial charge in [-0.05, 0) is 12.8 Å². The number of hydrogen-bond donors (Lipinski definition) is 1. The minimum absolute atomic E-state index is 0.292. The molecule has 0 heterocycles. The van der Waals surface area contributed by atoms with Crippen LogP contribution < -0.4 is 0 Å². The quantitative estimate of drug-likeness (QED) is 0.591. The number of aliphatic carboxylic acids is 1. The highest BCUT2D eigenvalue weighted by atomic mass is 32.2. The van der Waals surface area contributed by atoms with E-state index in [-0.39, 0.29) is 0 Å². The Bertz CT molecular complexity index is 192. The van der Waals surface area contributed by atoms with E-state index >= 15 is 0 Å². The van der Waals surface area contributed by atoms with E-state index < -0.39 is 16.8 Å². The highest BCUT2D eigenvalue weighted by Gasteiger charge is 1.98. The Balaban J connectivity index is 3.05. The second kappa shape index (κ2) is 10.1. The van der Waals surface area contributed by atoms with Crippen molar-refractivity contribution >= 4 is 16.8 Å². The molecule has 0 saturated carbocycles. The SMILES string of the molecule is CCS(=O)CCCCCCCCC(=O)O. The Labute approximate surface area is 94.7 Å². The molecule has 0 aromatic carbocycles. The van der Waals surface area contributed by atoms with Gasteiger partial charge >= 0.3 is 5.97 Å². The van der Waals surface area contributed by atoms with Crippen molar-refractivity contribution in [2.75, 3.05) is 11.5 Å². The van der Waals surface area contributed by atoms with Gasteiger partial charge in [0.2, 0.25) is 0 Å². The third-order valence-electron chi connectivity index (χ3n) is 2.33. The normalized spacial score (nSPS) is 12.6.